The van der Waals surface area contributed by atoms with Gasteiger partial charge in [-0.2, -0.15) is 0 Å². The van der Waals surface area contributed by atoms with E-state index >= 15 is 0 Å². The van der Waals surface area contributed by atoms with Gasteiger partial charge in [0.1, 0.15) is 0 Å². The van der Waals surface area contributed by atoms with Crippen LogP contribution in [0.5, 0.6) is 0 Å². The lowest BCUT2D eigenvalue weighted by atomic mass is 10.2. The maximum atomic E-state index is 11.8. The number of amides is 1. The predicted octanol–water partition coefficient (Wildman–Crippen LogP) is 4.01. The van der Waals surface area contributed by atoms with Gasteiger partial charge in [-0.05, 0) is 40.9 Å². The van der Waals surface area contributed by atoms with E-state index in [1.54, 1.807) is 12.1 Å². The molecule has 0 saturated carbocycles. The van der Waals surface area contributed by atoms with Crippen molar-refractivity contribution in [1.29, 1.82) is 0 Å². The first-order valence-electron chi connectivity index (χ1n) is 4.95. The Hall–Kier alpha value is -0.0600. The highest BCUT2D eigenvalue weighted by molar-refractivity contribution is 9.10. The summed E-state index contributed by atoms with van der Waals surface area (Å²) in [5.74, 6) is -0.124. The van der Waals surface area contributed by atoms with Crippen molar-refractivity contribution in [2.24, 2.45) is 0 Å². The predicted molar refractivity (Wildman–Crippen MR) is 74.5 cm³/mol. The quantitative estimate of drug-likeness (QED) is 0.617. The summed E-state index contributed by atoms with van der Waals surface area (Å²) in [5.41, 5.74) is 0.509. The normalized spacial score (nSPS) is 10.2. The molecule has 0 fully saturated rings. The maximum Gasteiger partial charge on any atom is 0.252 e. The van der Waals surface area contributed by atoms with Crippen LogP contribution in [0, 0.1) is 0 Å². The number of nitrogens with one attached hydrogen (secondary N) is 1. The summed E-state index contributed by atoms with van der Waals surface area (Å²) in [6.07, 6.45) is 2.01. The lowest BCUT2D eigenvalue weighted by Crippen LogP contribution is -2.24. The van der Waals surface area contributed by atoms with E-state index in [1.807, 2.05) is 6.07 Å². The molecule has 0 aromatic heterocycles. The molecule has 1 amide bonds. The lowest BCUT2D eigenvalue weighted by Gasteiger charge is -2.07. The maximum absolute atomic E-state index is 11.8. The van der Waals surface area contributed by atoms with Crippen LogP contribution in [0.2, 0.25) is 5.02 Å². The second kappa shape index (κ2) is 7.30. The van der Waals surface area contributed by atoms with Crippen molar-refractivity contribution < 1.29 is 4.79 Å². The molecule has 1 rings (SSSR count). The Bertz CT molecular complexity index is 371. The fraction of sp³-hybridized carbons (Fsp3) is 0.364. The molecule has 0 aliphatic carbocycles. The molecule has 88 valence electrons. The molecule has 1 N–H and O–H groups in total. The van der Waals surface area contributed by atoms with Crippen LogP contribution in [0.4, 0.5) is 0 Å². The highest BCUT2D eigenvalue weighted by Crippen LogP contribution is 2.25. The van der Waals surface area contributed by atoms with Crippen molar-refractivity contribution >= 4 is 49.4 Å². The van der Waals surface area contributed by atoms with Gasteiger partial charge in [-0.15, -0.1) is 0 Å². The van der Waals surface area contributed by atoms with E-state index in [1.165, 1.54) is 0 Å². The third-order valence-electron chi connectivity index (χ3n) is 2.04. The molecule has 1 aromatic carbocycles. The molecule has 0 atom stereocenters. The number of benzene rings is 1. The van der Waals surface area contributed by atoms with Crippen LogP contribution >= 0.6 is 43.5 Å². The van der Waals surface area contributed by atoms with E-state index in [4.69, 9.17) is 11.6 Å². The summed E-state index contributed by atoms with van der Waals surface area (Å²) < 4.78 is 0.738. The van der Waals surface area contributed by atoms with Crippen molar-refractivity contribution in [2.45, 2.75) is 12.8 Å². The SMILES string of the molecule is O=C(NCCCCBr)c1cccc(Br)c1Cl. The summed E-state index contributed by atoms with van der Waals surface area (Å²) in [4.78, 5) is 11.8. The number of halogens is 3. The van der Waals surface area contributed by atoms with Gasteiger partial charge < -0.3 is 5.32 Å². The number of hydrogen-bond donors (Lipinski definition) is 1. The molecule has 2 nitrogen and oxygen atoms in total. The fourth-order valence-electron chi connectivity index (χ4n) is 1.20. The zero-order chi connectivity index (χ0) is 12.0. The molecular weight excluding hydrogens is 357 g/mol. The summed E-state index contributed by atoms with van der Waals surface area (Å²) in [6, 6.07) is 5.32. The van der Waals surface area contributed by atoms with Gasteiger partial charge in [0.15, 0.2) is 0 Å². The fourth-order valence-corrected chi connectivity index (χ4v) is 2.17. The van der Waals surface area contributed by atoms with Crippen molar-refractivity contribution in [2.75, 3.05) is 11.9 Å². The Morgan fingerprint density at radius 2 is 2.12 bits per heavy atom. The van der Waals surface area contributed by atoms with E-state index in [9.17, 15) is 4.79 Å². The number of unbranched alkanes of at least 4 members (excludes halogenated alkanes) is 1. The first kappa shape index (κ1) is 14.0. The molecule has 0 saturated heterocycles. The Morgan fingerprint density at radius 1 is 1.38 bits per heavy atom. The molecule has 5 heteroatoms. The third-order valence-corrected chi connectivity index (χ3v) is 3.90. The molecule has 0 aliphatic rings. The average Bonchev–Trinajstić information content (AvgIpc) is 2.28. The van der Waals surface area contributed by atoms with Crippen molar-refractivity contribution in [3.05, 3.63) is 33.3 Å². The minimum Gasteiger partial charge on any atom is -0.352 e. The number of carbonyl (C=O) groups excluding carboxylic acids is 1. The smallest absolute Gasteiger partial charge is 0.252 e. The second-order valence-electron chi connectivity index (χ2n) is 3.25. The van der Waals surface area contributed by atoms with Gasteiger partial charge in [-0.25, -0.2) is 0 Å². The van der Waals surface area contributed by atoms with Gasteiger partial charge in [-0.3, -0.25) is 4.79 Å². The van der Waals surface area contributed by atoms with Gasteiger partial charge >= 0.3 is 0 Å². The van der Waals surface area contributed by atoms with Crippen LogP contribution in [0.15, 0.2) is 22.7 Å². The van der Waals surface area contributed by atoms with Crippen molar-refractivity contribution in [3.63, 3.8) is 0 Å². The molecule has 0 aliphatic heterocycles. The molecule has 0 bridgehead atoms. The highest BCUT2D eigenvalue weighted by Gasteiger charge is 2.11. The van der Waals surface area contributed by atoms with Crippen molar-refractivity contribution in [3.8, 4) is 0 Å². The molecule has 0 spiro atoms. The molecule has 16 heavy (non-hydrogen) atoms. The van der Waals surface area contributed by atoms with Gasteiger partial charge in [0, 0.05) is 16.3 Å². The zero-order valence-electron chi connectivity index (χ0n) is 8.60. The van der Waals surface area contributed by atoms with Crippen LogP contribution < -0.4 is 5.32 Å². The largest absolute Gasteiger partial charge is 0.352 e. The minimum atomic E-state index is -0.124. The van der Waals surface area contributed by atoms with E-state index in [2.05, 4.69) is 37.2 Å². The molecule has 1 aromatic rings. The van der Waals surface area contributed by atoms with Gasteiger partial charge in [0.2, 0.25) is 0 Å². The van der Waals surface area contributed by atoms with Gasteiger partial charge in [0.05, 0.1) is 10.6 Å². The number of alkyl halides is 1. The summed E-state index contributed by atoms with van der Waals surface area (Å²) in [6.45, 7) is 0.674. The Labute approximate surface area is 117 Å². The molecule has 0 heterocycles. The first-order chi connectivity index (χ1) is 7.66. The summed E-state index contributed by atoms with van der Waals surface area (Å²) in [5, 5.41) is 4.25. The number of rotatable bonds is 5. The molecule has 0 radical (unpaired) electrons. The topological polar surface area (TPSA) is 29.1 Å². The van der Waals surface area contributed by atoms with Crippen LogP contribution in [0.1, 0.15) is 23.2 Å². The summed E-state index contributed by atoms with van der Waals surface area (Å²) >= 11 is 12.6. The Balaban J connectivity index is 2.56. The minimum absolute atomic E-state index is 0.124. The zero-order valence-corrected chi connectivity index (χ0v) is 12.5. The van der Waals surface area contributed by atoms with Gasteiger partial charge in [0.25, 0.3) is 5.91 Å². The summed E-state index contributed by atoms with van der Waals surface area (Å²) in [7, 11) is 0. The lowest BCUT2D eigenvalue weighted by molar-refractivity contribution is 0.0953. The Kier molecular flexibility index (Phi) is 6.39. The van der Waals surface area contributed by atoms with Crippen LogP contribution in [0.3, 0.4) is 0 Å². The number of hydrogen-bond acceptors (Lipinski definition) is 1. The van der Waals surface area contributed by atoms with Gasteiger partial charge in [-0.1, -0.05) is 33.6 Å². The third kappa shape index (κ3) is 4.07. The second-order valence-corrected chi connectivity index (χ2v) is 5.28. The standard InChI is InChI=1S/C11H12Br2ClNO/c12-6-1-2-7-15-11(16)8-4-3-5-9(13)10(8)14/h3-5H,1-2,6-7H2,(H,15,16). The monoisotopic (exact) mass is 367 g/mol. The van der Waals surface area contributed by atoms with E-state index in [0.717, 1.165) is 22.6 Å². The Morgan fingerprint density at radius 3 is 2.81 bits per heavy atom. The highest BCUT2D eigenvalue weighted by atomic mass is 79.9. The van der Waals surface area contributed by atoms with E-state index < -0.39 is 0 Å². The number of carbonyl (C=O) groups is 1. The van der Waals surface area contributed by atoms with Crippen LogP contribution in [-0.4, -0.2) is 17.8 Å². The average molecular weight is 369 g/mol. The van der Waals surface area contributed by atoms with Crippen LogP contribution in [0.25, 0.3) is 0 Å². The van der Waals surface area contributed by atoms with Crippen LogP contribution in [-0.2, 0) is 0 Å². The molecule has 0 unspecified atom stereocenters. The van der Waals surface area contributed by atoms with Crippen molar-refractivity contribution in [1.82, 2.24) is 5.32 Å². The van der Waals surface area contributed by atoms with E-state index in [0.29, 0.717) is 17.1 Å². The van der Waals surface area contributed by atoms with E-state index in [-0.39, 0.29) is 5.91 Å². The first-order valence-corrected chi connectivity index (χ1v) is 7.24. The molecular formula is C11H12Br2ClNO.